The number of benzene rings is 1. The largest absolute Gasteiger partial charge is 0.372 e. The Morgan fingerprint density at radius 2 is 1.94 bits per heavy atom. The number of hydrogen-bond acceptors (Lipinski definition) is 4. The van der Waals surface area contributed by atoms with Gasteiger partial charge in [0.05, 0.1) is 6.20 Å². The van der Waals surface area contributed by atoms with Crippen LogP contribution in [0.5, 0.6) is 0 Å². The molecule has 1 aromatic heterocycles. The predicted molar refractivity (Wildman–Crippen MR) is 73.5 cm³/mol. The zero-order chi connectivity index (χ0) is 13.0. The lowest BCUT2D eigenvalue weighted by Crippen LogP contribution is -1.98. The Labute approximate surface area is 107 Å². The normalized spacial score (nSPS) is 12.2. The van der Waals surface area contributed by atoms with E-state index in [0.29, 0.717) is 11.7 Å². The molecular formula is C14H18N4. The summed E-state index contributed by atoms with van der Waals surface area (Å²) in [7, 11) is 1.82. The van der Waals surface area contributed by atoms with Crippen LogP contribution in [0.1, 0.15) is 31.7 Å². The standard InChI is InChI=1S/C14H18N4/c1-4-10(2)11-5-7-12(8-6-11)14-17-13(15-3)9-16-18-14/h5-10H,4H2,1-3H3,(H,15,17,18). The molecule has 1 unspecified atom stereocenters. The van der Waals surface area contributed by atoms with Gasteiger partial charge in [-0.05, 0) is 17.9 Å². The van der Waals surface area contributed by atoms with E-state index in [2.05, 4.69) is 58.6 Å². The number of hydrogen-bond donors (Lipinski definition) is 1. The van der Waals surface area contributed by atoms with Crippen LogP contribution in [0.2, 0.25) is 0 Å². The van der Waals surface area contributed by atoms with Crippen LogP contribution in [0.3, 0.4) is 0 Å². The molecule has 0 saturated carbocycles. The lowest BCUT2D eigenvalue weighted by Gasteiger charge is -2.09. The zero-order valence-electron chi connectivity index (χ0n) is 11.0. The maximum atomic E-state index is 4.37. The number of aromatic nitrogens is 3. The van der Waals surface area contributed by atoms with Crippen LogP contribution in [-0.4, -0.2) is 22.2 Å². The van der Waals surface area contributed by atoms with Crippen LogP contribution < -0.4 is 5.32 Å². The quantitative estimate of drug-likeness (QED) is 0.895. The minimum Gasteiger partial charge on any atom is -0.372 e. The summed E-state index contributed by atoms with van der Waals surface area (Å²) >= 11 is 0. The molecule has 0 amide bonds. The molecule has 0 aliphatic carbocycles. The molecule has 0 radical (unpaired) electrons. The van der Waals surface area contributed by atoms with Crippen molar-refractivity contribution in [1.82, 2.24) is 15.2 Å². The van der Waals surface area contributed by atoms with E-state index in [-0.39, 0.29) is 0 Å². The van der Waals surface area contributed by atoms with Crippen molar-refractivity contribution in [3.05, 3.63) is 36.0 Å². The summed E-state index contributed by atoms with van der Waals surface area (Å²) < 4.78 is 0. The third-order valence-corrected chi connectivity index (χ3v) is 3.17. The van der Waals surface area contributed by atoms with Crippen molar-refractivity contribution in [1.29, 1.82) is 0 Å². The Hall–Kier alpha value is -1.97. The molecule has 18 heavy (non-hydrogen) atoms. The van der Waals surface area contributed by atoms with Crippen molar-refractivity contribution in [2.45, 2.75) is 26.2 Å². The summed E-state index contributed by atoms with van der Waals surface area (Å²) in [6.07, 6.45) is 2.75. The Kier molecular flexibility index (Phi) is 3.87. The fourth-order valence-corrected chi connectivity index (χ4v) is 1.74. The molecule has 0 saturated heterocycles. The van der Waals surface area contributed by atoms with Crippen molar-refractivity contribution < 1.29 is 0 Å². The second-order valence-corrected chi connectivity index (χ2v) is 4.35. The third kappa shape index (κ3) is 2.64. The number of nitrogens with one attached hydrogen (secondary N) is 1. The SMILES string of the molecule is CCC(C)c1ccc(-c2nncc(NC)n2)cc1. The molecule has 1 N–H and O–H groups in total. The van der Waals surface area contributed by atoms with Crippen molar-refractivity contribution in [2.24, 2.45) is 0 Å². The van der Waals surface area contributed by atoms with Gasteiger partial charge in [-0.15, -0.1) is 5.10 Å². The molecule has 0 aliphatic rings. The lowest BCUT2D eigenvalue weighted by atomic mass is 9.97. The van der Waals surface area contributed by atoms with E-state index >= 15 is 0 Å². The molecule has 1 atom stereocenters. The molecule has 0 bridgehead atoms. The van der Waals surface area contributed by atoms with E-state index in [1.54, 1.807) is 6.20 Å². The Morgan fingerprint density at radius 1 is 1.22 bits per heavy atom. The summed E-state index contributed by atoms with van der Waals surface area (Å²) in [5, 5.41) is 10.9. The first-order valence-electron chi connectivity index (χ1n) is 6.22. The molecule has 0 spiro atoms. The molecule has 0 aliphatic heterocycles. The highest BCUT2D eigenvalue weighted by molar-refractivity contribution is 5.56. The van der Waals surface area contributed by atoms with Gasteiger partial charge < -0.3 is 5.32 Å². The maximum Gasteiger partial charge on any atom is 0.183 e. The maximum absolute atomic E-state index is 4.37. The fourth-order valence-electron chi connectivity index (χ4n) is 1.74. The highest BCUT2D eigenvalue weighted by Gasteiger charge is 2.06. The van der Waals surface area contributed by atoms with E-state index in [1.165, 1.54) is 5.56 Å². The van der Waals surface area contributed by atoms with Gasteiger partial charge in [-0.1, -0.05) is 38.1 Å². The molecule has 4 heteroatoms. The van der Waals surface area contributed by atoms with Crippen molar-refractivity contribution >= 4 is 5.82 Å². The van der Waals surface area contributed by atoms with Gasteiger partial charge in [-0.25, -0.2) is 4.98 Å². The van der Waals surface area contributed by atoms with Gasteiger partial charge in [0.15, 0.2) is 5.82 Å². The minimum atomic E-state index is 0.585. The van der Waals surface area contributed by atoms with Gasteiger partial charge in [0.2, 0.25) is 0 Å². The van der Waals surface area contributed by atoms with Gasteiger partial charge in [-0.3, -0.25) is 0 Å². The van der Waals surface area contributed by atoms with Crippen LogP contribution in [0.15, 0.2) is 30.5 Å². The average Bonchev–Trinajstić information content (AvgIpc) is 2.46. The first-order valence-corrected chi connectivity index (χ1v) is 6.22. The second kappa shape index (κ2) is 5.58. The van der Waals surface area contributed by atoms with Crippen LogP contribution >= 0.6 is 0 Å². The van der Waals surface area contributed by atoms with Crippen molar-refractivity contribution in [3.63, 3.8) is 0 Å². The number of nitrogens with zero attached hydrogens (tertiary/aromatic N) is 3. The number of rotatable bonds is 4. The number of anilines is 1. The smallest absolute Gasteiger partial charge is 0.183 e. The molecule has 1 heterocycles. The summed E-state index contributed by atoms with van der Waals surface area (Å²) in [6, 6.07) is 8.38. The average molecular weight is 242 g/mol. The van der Waals surface area contributed by atoms with Gasteiger partial charge >= 0.3 is 0 Å². The van der Waals surface area contributed by atoms with Gasteiger partial charge in [0, 0.05) is 12.6 Å². The zero-order valence-corrected chi connectivity index (χ0v) is 11.0. The van der Waals surface area contributed by atoms with Crippen LogP contribution in [0, 0.1) is 0 Å². The molecule has 94 valence electrons. The Morgan fingerprint density at radius 3 is 2.56 bits per heavy atom. The summed E-state index contributed by atoms with van der Waals surface area (Å²) in [4.78, 5) is 4.37. The van der Waals surface area contributed by atoms with E-state index in [1.807, 2.05) is 7.05 Å². The Balaban J connectivity index is 2.28. The van der Waals surface area contributed by atoms with Gasteiger partial charge in [0.25, 0.3) is 0 Å². The lowest BCUT2D eigenvalue weighted by molar-refractivity contribution is 0.733. The topological polar surface area (TPSA) is 50.7 Å². The van der Waals surface area contributed by atoms with Crippen LogP contribution in [-0.2, 0) is 0 Å². The second-order valence-electron chi connectivity index (χ2n) is 4.35. The van der Waals surface area contributed by atoms with Crippen molar-refractivity contribution in [2.75, 3.05) is 12.4 Å². The van der Waals surface area contributed by atoms with E-state index in [0.717, 1.165) is 17.8 Å². The third-order valence-electron chi connectivity index (χ3n) is 3.17. The predicted octanol–water partition coefficient (Wildman–Crippen LogP) is 3.09. The fraction of sp³-hybridized carbons (Fsp3) is 0.357. The molecule has 2 rings (SSSR count). The first-order chi connectivity index (χ1) is 8.74. The molecule has 4 nitrogen and oxygen atoms in total. The van der Waals surface area contributed by atoms with Crippen LogP contribution in [0.4, 0.5) is 5.82 Å². The summed E-state index contributed by atoms with van der Waals surface area (Å²) in [5.74, 6) is 1.96. The van der Waals surface area contributed by atoms with Crippen molar-refractivity contribution in [3.8, 4) is 11.4 Å². The van der Waals surface area contributed by atoms with E-state index in [9.17, 15) is 0 Å². The molecule has 2 aromatic rings. The minimum absolute atomic E-state index is 0.585. The van der Waals surface area contributed by atoms with Crippen LogP contribution in [0.25, 0.3) is 11.4 Å². The summed E-state index contributed by atoms with van der Waals surface area (Å²) in [6.45, 7) is 4.43. The van der Waals surface area contributed by atoms with E-state index in [4.69, 9.17) is 0 Å². The monoisotopic (exact) mass is 242 g/mol. The molecular weight excluding hydrogens is 224 g/mol. The molecule has 1 aromatic carbocycles. The first kappa shape index (κ1) is 12.5. The highest BCUT2D eigenvalue weighted by atomic mass is 15.2. The van der Waals surface area contributed by atoms with Gasteiger partial charge in [-0.2, -0.15) is 5.10 Å². The molecule has 0 fully saturated rings. The highest BCUT2D eigenvalue weighted by Crippen LogP contribution is 2.22. The Bertz CT molecular complexity index is 507. The summed E-state index contributed by atoms with van der Waals surface area (Å²) in [5.41, 5.74) is 2.34. The van der Waals surface area contributed by atoms with E-state index < -0.39 is 0 Å². The van der Waals surface area contributed by atoms with Gasteiger partial charge in [0.1, 0.15) is 5.82 Å².